The summed E-state index contributed by atoms with van der Waals surface area (Å²) < 4.78 is 0. The number of carbonyl (C=O) groups is 2. The van der Waals surface area contributed by atoms with Gasteiger partial charge in [0.05, 0.1) is 6.54 Å². The minimum atomic E-state index is -0.176. The van der Waals surface area contributed by atoms with Gasteiger partial charge in [0.1, 0.15) is 0 Å². The number of H-pyrrole nitrogens is 1. The third kappa shape index (κ3) is 5.88. The van der Waals surface area contributed by atoms with Crippen LogP contribution in [0.25, 0.3) is 10.9 Å². The number of nitrogens with one attached hydrogen (secondary N) is 3. The molecule has 2 rings (SSSR count). The summed E-state index contributed by atoms with van der Waals surface area (Å²) in [5, 5.41) is 6.76. The molecule has 1 aromatic heterocycles. The fourth-order valence-electron chi connectivity index (χ4n) is 3.08. The smallest absolute Gasteiger partial charge is 0.239 e. The number of carbonyl (C=O) groups excluding carboxylic acids is 2. The molecule has 2 aromatic rings. The zero-order valence-electron chi connectivity index (χ0n) is 15.7. The van der Waals surface area contributed by atoms with E-state index < -0.39 is 0 Å². The predicted octanol–water partition coefficient (Wildman–Crippen LogP) is 2.10. The SMILES string of the molecule is CCC(CCc1cc2ccccc2[nH]1)C(=O)NCC(=O)NC(C)CCN. The lowest BCUT2D eigenvalue weighted by molar-refractivity contribution is -0.129. The number of hydrogen-bond acceptors (Lipinski definition) is 3. The number of para-hydroxylation sites is 1. The first-order valence-electron chi connectivity index (χ1n) is 9.37. The average Bonchev–Trinajstić information content (AvgIpc) is 3.03. The number of benzene rings is 1. The molecule has 26 heavy (non-hydrogen) atoms. The first-order chi connectivity index (χ1) is 12.5. The lowest BCUT2D eigenvalue weighted by Gasteiger charge is -2.16. The topological polar surface area (TPSA) is 100 Å². The van der Waals surface area contributed by atoms with Crippen LogP contribution in [0, 0.1) is 5.92 Å². The van der Waals surface area contributed by atoms with Gasteiger partial charge in [-0.05, 0) is 56.7 Å². The maximum atomic E-state index is 12.4. The zero-order chi connectivity index (χ0) is 18.9. The summed E-state index contributed by atoms with van der Waals surface area (Å²) >= 11 is 0. The molecule has 0 radical (unpaired) electrons. The van der Waals surface area contributed by atoms with Crippen molar-refractivity contribution in [2.24, 2.45) is 11.7 Å². The summed E-state index contributed by atoms with van der Waals surface area (Å²) in [6, 6.07) is 10.3. The highest BCUT2D eigenvalue weighted by Crippen LogP contribution is 2.18. The molecular formula is C20H30N4O2. The van der Waals surface area contributed by atoms with Gasteiger partial charge in [-0.3, -0.25) is 9.59 Å². The van der Waals surface area contributed by atoms with E-state index in [0.29, 0.717) is 6.54 Å². The quantitative estimate of drug-likeness (QED) is 0.523. The Morgan fingerprint density at radius 3 is 2.69 bits per heavy atom. The van der Waals surface area contributed by atoms with Crippen LogP contribution in [0.4, 0.5) is 0 Å². The van der Waals surface area contributed by atoms with Crippen molar-refractivity contribution in [1.82, 2.24) is 15.6 Å². The Bertz CT molecular complexity index is 692. The van der Waals surface area contributed by atoms with Crippen molar-refractivity contribution in [2.75, 3.05) is 13.1 Å². The number of amides is 2. The Morgan fingerprint density at radius 2 is 2.00 bits per heavy atom. The second-order valence-corrected chi connectivity index (χ2v) is 6.79. The Hall–Kier alpha value is -2.34. The number of rotatable bonds is 10. The first kappa shape index (κ1) is 20.0. The maximum Gasteiger partial charge on any atom is 0.239 e. The highest BCUT2D eigenvalue weighted by molar-refractivity contribution is 5.86. The van der Waals surface area contributed by atoms with Crippen LogP contribution in [0.2, 0.25) is 0 Å². The molecular weight excluding hydrogens is 328 g/mol. The predicted molar refractivity (Wildman–Crippen MR) is 105 cm³/mol. The van der Waals surface area contributed by atoms with Crippen LogP contribution in [0.3, 0.4) is 0 Å². The molecule has 1 aromatic carbocycles. The summed E-state index contributed by atoms with van der Waals surface area (Å²) in [6.07, 6.45) is 3.03. The summed E-state index contributed by atoms with van der Waals surface area (Å²) in [7, 11) is 0. The lowest BCUT2D eigenvalue weighted by Crippen LogP contribution is -2.43. The number of aromatic amines is 1. The number of nitrogens with two attached hydrogens (primary N) is 1. The Morgan fingerprint density at radius 1 is 1.23 bits per heavy atom. The van der Waals surface area contributed by atoms with Crippen LogP contribution in [0.15, 0.2) is 30.3 Å². The minimum absolute atomic E-state index is 0.0105. The van der Waals surface area contributed by atoms with Crippen molar-refractivity contribution in [3.05, 3.63) is 36.0 Å². The third-order valence-electron chi connectivity index (χ3n) is 4.64. The summed E-state index contributed by atoms with van der Waals surface area (Å²) in [4.78, 5) is 27.6. The van der Waals surface area contributed by atoms with Gasteiger partial charge in [0.2, 0.25) is 11.8 Å². The van der Waals surface area contributed by atoms with Crippen LogP contribution < -0.4 is 16.4 Å². The van der Waals surface area contributed by atoms with Gasteiger partial charge in [0, 0.05) is 23.2 Å². The van der Waals surface area contributed by atoms with Crippen LogP contribution in [0.5, 0.6) is 0 Å². The number of hydrogen-bond donors (Lipinski definition) is 4. The van der Waals surface area contributed by atoms with Gasteiger partial charge in [-0.2, -0.15) is 0 Å². The lowest BCUT2D eigenvalue weighted by atomic mass is 9.98. The van der Waals surface area contributed by atoms with E-state index in [9.17, 15) is 9.59 Å². The van der Waals surface area contributed by atoms with Crippen LogP contribution in [0.1, 0.15) is 38.8 Å². The van der Waals surface area contributed by atoms with Crippen molar-refractivity contribution in [1.29, 1.82) is 0 Å². The Kier molecular flexibility index (Phi) is 7.66. The molecule has 0 bridgehead atoms. The molecule has 2 atom stereocenters. The molecule has 0 spiro atoms. The molecule has 6 nitrogen and oxygen atoms in total. The van der Waals surface area contributed by atoms with Crippen molar-refractivity contribution >= 4 is 22.7 Å². The van der Waals surface area contributed by atoms with Crippen molar-refractivity contribution in [2.45, 2.75) is 45.6 Å². The largest absolute Gasteiger partial charge is 0.358 e. The number of aromatic nitrogens is 1. The van der Waals surface area contributed by atoms with Crippen LogP contribution in [-0.2, 0) is 16.0 Å². The Labute approximate surface area is 154 Å². The molecule has 0 aliphatic carbocycles. The van der Waals surface area contributed by atoms with Gasteiger partial charge in [-0.25, -0.2) is 0 Å². The van der Waals surface area contributed by atoms with E-state index >= 15 is 0 Å². The molecule has 142 valence electrons. The fourth-order valence-corrected chi connectivity index (χ4v) is 3.08. The van der Waals surface area contributed by atoms with Gasteiger partial charge >= 0.3 is 0 Å². The molecule has 0 fully saturated rings. The highest BCUT2D eigenvalue weighted by atomic mass is 16.2. The van der Waals surface area contributed by atoms with E-state index in [2.05, 4.69) is 27.8 Å². The molecule has 5 N–H and O–H groups in total. The Balaban J connectivity index is 1.79. The molecule has 0 saturated carbocycles. The van der Waals surface area contributed by atoms with Gasteiger partial charge in [0.15, 0.2) is 0 Å². The average molecular weight is 358 g/mol. The van der Waals surface area contributed by atoms with Crippen molar-refractivity contribution in [3.63, 3.8) is 0 Å². The van der Waals surface area contributed by atoms with Gasteiger partial charge in [-0.1, -0.05) is 25.1 Å². The molecule has 0 aliphatic heterocycles. The maximum absolute atomic E-state index is 12.4. The molecule has 2 unspecified atom stereocenters. The van der Waals surface area contributed by atoms with Crippen molar-refractivity contribution < 1.29 is 9.59 Å². The van der Waals surface area contributed by atoms with Gasteiger partial charge in [0.25, 0.3) is 0 Å². The normalized spacial score (nSPS) is 13.3. The van der Waals surface area contributed by atoms with E-state index in [1.807, 2.05) is 32.0 Å². The molecule has 0 aliphatic rings. The summed E-state index contributed by atoms with van der Waals surface area (Å²) in [6.45, 7) is 4.44. The summed E-state index contributed by atoms with van der Waals surface area (Å²) in [5.74, 6) is -0.342. The minimum Gasteiger partial charge on any atom is -0.358 e. The van der Waals surface area contributed by atoms with E-state index in [1.165, 1.54) is 5.39 Å². The third-order valence-corrected chi connectivity index (χ3v) is 4.64. The highest BCUT2D eigenvalue weighted by Gasteiger charge is 2.18. The van der Waals surface area contributed by atoms with E-state index in [-0.39, 0.29) is 30.3 Å². The molecule has 1 heterocycles. The molecule has 6 heteroatoms. The van der Waals surface area contributed by atoms with E-state index in [0.717, 1.165) is 36.9 Å². The number of fused-ring (bicyclic) bond motifs is 1. The van der Waals surface area contributed by atoms with Crippen LogP contribution >= 0.6 is 0 Å². The van der Waals surface area contributed by atoms with E-state index in [1.54, 1.807) is 0 Å². The summed E-state index contributed by atoms with van der Waals surface area (Å²) in [5.41, 5.74) is 7.71. The standard InChI is InChI=1S/C20H30N4O2/c1-3-15(20(26)22-13-19(25)23-14(2)10-11-21)8-9-17-12-16-6-4-5-7-18(16)24-17/h4-7,12,14-15,24H,3,8-11,13,21H2,1-2H3,(H,22,26)(H,23,25). The fraction of sp³-hybridized carbons (Fsp3) is 0.500. The molecule has 0 saturated heterocycles. The first-order valence-corrected chi connectivity index (χ1v) is 9.37. The van der Waals surface area contributed by atoms with Crippen molar-refractivity contribution in [3.8, 4) is 0 Å². The second-order valence-electron chi connectivity index (χ2n) is 6.79. The second kappa shape index (κ2) is 9.97. The van der Waals surface area contributed by atoms with Gasteiger partial charge in [-0.15, -0.1) is 0 Å². The monoisotopic (exact) mass is 358 g/mol. The molecule has 2 amide bonds. The van der Waals surface area contributed by atoms with Gasteiger partial charge < -0.3 is 21.4 Å². The number of aryl methyl sites for hydroxylation is 1. The van der Waals surface area contributed by atoms with E-state index in [4.69, 9.17) is 5.73 Å². The van der Waals surface area contributed by atoms with Crippen LogP contribution in [-0.4, -0.2) is 35.9 Å². The zero-order valence-corrected chi connectivity index (χ0v) is 15.7.